The number of ether oxygens (including phenoxy) is 1. The van der Waals surface area contributed by atoms with Crippen molar-refractivity contribution in [3.05, 3.63) is 23.3 Å². The fourth-order valence-electron chi connectivity index (χ4n) is 1.70. The van der Waals surface area contributed by atoms with E-state index in [4.69, 9.17) is 9.84 Å². The first-order valence-electron chi connectivity index (χ1n) is 5.39. The van der Waals surface area contributed by atoms with Gasteiger partial charge in [-0.15, -0.1) is 0 Å². The van der Waals surface area contributed by atoms with Crippen molar-refractivity contribution in [2.45, 2.75) is 25.7 Å². The van der Waals surface area contributed by atoms with E-state index in [1.807, 2.05) is 0 Å². The summed E-state index contributed by atoms with van der Waals surface area (Å²) in [6, 6.07) is 0. The SMILES string of the molecule is O=C(O)CCc1ncc2c(n1)CCOCC2. The highest BCUT2D eigenvalue weighted by Gasteiger charge is 2.11. The van der Waals surface area contributed by atoms with Gasteiger partial charge in [-0.25, -0.2) is 9.97 Å². The second-order valence-electron chi connectivity index (χ2n) is 3.76. The lowest BCUT2D eigenvalue weighted by Crippen LogP contribution is -2.06. The predicted molar refractivity (Wildman–Crippen MR) is 56.2 cm³/mol. The van der Waals surface area contributed by atoms with Crippen molar-refractivity contribution in [1.82, 2.24) is 9.97 Å². The maximum atomic E-state index is 10.4. The van der Waals surface area contributed by atoms with Crippen molar-refractivity contribution in [3.8, 4) is 0 Å². The standard InChI is InChI=1S/C11H14N2O3/c14-11(15)2-1-10-12-7-8-3-5-16-6-4-9(8)13-10/h7H,1-6H2,(H,14,15). The number of carboxylic acids is 1. The summed E-state index contributed by atoms with van der Waals surface area (Å²) < 4.78 is 5.35. The lowest BCUT2D eigenvalue weighted by atomic mass is 10.1. The molecule has 0 fully saturated rings. The number of fused-ring (bicyclic) bond motifs is 1. The van der Waals surface area contributed by atoms with Crippen LogP contribution in [0.15, 0.2) is 6.20 Å². The zero-order chi connectivity index (χ0) is 11.4. The molecule has 1 aromatic heterocycles. The van der Waals surface area contributed by atoms with Gasteiger partial charge in [-0.05, 0) is 12.0 Å². The van der Waals surface area contributed by atoms with Gasteiger partial charge in [-0.2, -0.15) is 0 Å². The Balaban J connectivity index is 2.11. The van der Waals surface area contributed by atoms with Crippen LogP contribution in [0, 0.1) is 0 Å². The first-order valence-corrected chi connectivity index (χ1v) is 5.39. The maximum absolute atomic E-state index is 10.4. The molecule has 1 aromatic rings. The largest absolute Gasteiger partial charge is 0.481 e. The second kappa shape index (κ2) is 5.03. The van der Waals surface area contributed by atoms with Crippen LogP contribution < -0.4 is 0 Å². The number of carboxylic acid groups (broad SMARTS) is 1. The molecule has 0 saturated heterocycles. The minimum Gasteiger partial charge on any atom is -0.481 e. The number of nitrogens with zero attached hydrogens (tertiary/aromatic N) is 2. The average molecular weight is 222 g/mol. The zero-order valence-corrected chi connectivity index (χ0v) is 8.98. The number of aryl methyl sites for hydroxylation is 1. The number of aromatic nitrogens is 2. The summed E-state index contributed by atoms with van der Waals surface area (Å²) in [5.41, 5.74) is 2.13. The van der Waals surface area contributed by atoms with E-state index in [1.165, 1.54) is 0 Å². The number of hydrogen-bond donors (Lipinski definition) is 1. The Kier molecular flexibility index (Phi) is 3.46. The summed E-state index contributed by atoms with van der Waals surface area (Å²) in [6.45, 7) is 1.40. The summed E-state index contributed by atoms with van der Waals surface area (Å²) in [5.74, 6) is -0.204. The normalized spacial score (nSPS) is 15.2. The Labute approximate surface area is 93.5 Å². The molecule has 0 spiro atoms. The van der Waals surface area contributed by atoms with Gasteiger partial charge in [0.25, 0.3) is 0 Å². The van der Waals surface area contributed by atoms with E-state index in [1.54, 1.807) is 6.20 Å². The lowest BCUT2D eigenvalue weighted by Gasteiger charge is -2.05. The Hall–Kier alpha value is -1.49. The van der Waals surface area contributed by atoms with Crippen molar-refractivity contribution in [2.24, 2.45) is 0 Å². The van der Waals surface area contributed by atoms with Crippen LogP contribution in [0.1, 0.15) is 23.5 Å². The smallest absolute Gasteiger partial charge is 0.303 e. The van der Waals surface area contributed by atoms with Crippen LogP contribution in [0.5, 0.6) is 0 Å². The third-order valence-electron chi connectivity index (χ3n) is 2.57. The van der Waals surface area contributed by atoms with Gasteiger partial charge in [0, 0.05) is 24.7 Å². The van der Waals surface area contributed by atoms with Gasteiger partial charge in [0.2, 0.25) is 0 Å². The van der Waals surface area contributed by atoms with Gasteiger partial charge in [-0.1, -0.05) is 0 Å². The molecule has 0 bridgehead atoms. The van der Waals surface area contributed by atoms with Gasteiger partial charge < -0.3 is 9.84 Å². The minimum atomic E-state index is -0.818. The fourth-order valence-corrected chi connectivity index (χ4v) is 1.70. The minimum absolute atomic E-state index is 0.0787. The zero-order valence-electron chi connectivity index (χ0n) is 8.98. The van der Waals surface area contributed by atoms with E-state index in [0.717, 1.165) is 24.1 Å². The average Bonchev–Trinajstić information content (AvgIpc) is 2.50. The van der Waals surface area contributed by atoms with Gasteiger partial charge in [0.15, 0.2) is 0 Å². The van der Waals surface area contributed by atoms with Crippen LogP contribution in [-0.2, 0) is 28.8 Å². The fraction of sp³-hybridized carbons (Fsp3) is 0.545. The molecule has 1 aliphatic rings. The molecular formula is C11H14N2O3. The summed E-state index contributed by atoms with van der Waals surface area (Å²) in [5, 5.41) is 8.58. The van der Waals surface area contributed by atoms with Crippen molar-refractivity contribution >= 4 is 5.97 Å². The number of carbonyl (C=O) groups is 1. The third-order valence-corrected chi connectivity index (χ3v) is 2.57. The summed E-state index contributed by atoms with van der Waals surface area (Å²) >= 11 is 0. The first-order chi connectivity index (χ1) is 7.75. The van der Waals surface area contributed by atoms with Crippen LogP contribution in [-0.4, -0.2) is 34.3 Å². The van der Waals surface area contributed by atoms with E-state index in [0.29, 0.717) is 25.5 Å². The van der Waals surface area contributed by atoms with E-state index < -0.39 is 5.97 Å². The molecule has 5 nitrogen and oxygen atoms in total. The van der Waals surface area contributed by atoms with E-state index >= 15 is 0 Å². The Bertz CT molecular complexity index is 393. The van der Waals surface area contributed by atoms with Gasteiger partial charge >= 0.3 is 5.97 Å². The first kappa shape index (κ1) is 11.0. The Morgan fingerprint density at radius 3 is 3.06 bits per heavy atom. The van der Waals surface area contributed by atoms with Crippen molar-refractivity contribution in [1.29, 1.82) is 0 Å². The molecule has 0 aromatic carbocycles. The van der Waals surface area contributed by atoms with Crippen molar-refractivity contribution < 1.29 is 14.6 Å². The monoisotopic (exact) mass is 222 g/mol. The molecule has 2 heterocycles. The second-order valence-corrected chi connectivity index (χ2v) is 3.76. The van der Waals surface area contributed by atoms with Crippen LogP contribution in [0.2, 0.25) is 0 Å². The highest BCUT2D eigenvalue weighted by Crippen LogP contribution is 2.12. The Morgan fingerprint density at radius 2 is 2.25 bits per heavy atom. The molecule has 1 N–H and O–H groups in total. The number of rotatable bonds is 3. The Morgan fingerprint density at radius 1 is 1.44 bits per heavy atom. The van der Waals surface area contributed by atoms with Crippen molar-refractivity contribution in [3.63, 3.8) is 0 Å². The molecular weight excluding hydrogens is 208 g/mol. The molecule has 5 heteroatoms. The lowest BCUT2D eigenvalue weighted by molar-refractivity contribution is -0.137. The number of hydrogen-bond acceptors (Lipinski definition) is 4. The van der Waals surface area contributed by atoms with Gasteiger partial charge in [-0.3, -0.25) is 4.79 Å². The quantitative estimate of drug-likeness (QED) is 0.811. The maximum Gasteiger partial charge on any atom is 0.303 e. The van der Waals surface area contributed by atoms with Crippen LogP contribution in [0.4, 0.5) is 0 Å². The van der Waals surface area contributed by atoms with Gasteiger partial charge in [0.05, 0.1) is 19.6 Å². The molecule has 0 amide bonds. The summed E-state index contributed by atoms with van der Waals surface area (Å²) in [6.07, 6.45) is 3.90. The van der Waals surface area contributed by atoms with E-state index in [2.05, 4.69) is 9.97 Å². The van der Waals surface area contributed by atoms with Crippen LogP contribution in [0.25, 0.3) is 0 Å². The predicted octanol–water partition coefficient (Wildman–Crippen LogP) is 0.609. The van der Waals surface area contributed by atoms with Crippen molar-refractivity contribution in [2.75, 3.05) is 13.2 Å². The highest BCUT2D eigenvalue weighted by molar-refractivity contribution is 5.66. The molecule has 0 unspecified atom stereocenters. The summed E-state index contributed by atoms with van der Waals surface area (Å²) in [4.78, 5) is 19.0. The molecule has 0 aliphatic carbocycles. The molecule has 0 radical (unpaired) electrons. The van der Waals surface area contributed by atoms with Crippen LogP contribution >= 0.6 is 0 Å². The van der Waals surface area contributed by atoms with E-state index in [-0.39, 0.29) is 6.42 Å². The molecule has 0 saturated carbocycles. The molecule has 2 rings (SSSR count). The van der Waals surface area contributed by atoms with E-state index in [9.17, 15) is 4.79 Å². The summed E-state index contributed by atoms with van der Waals surface area (Å²) in [7, 11) is 0. The van der Waals surface area contributed by atoms with Gasteiger partial charge in [0.1, 0.15) is 5.82 Å². The number of aliphatic carboxylic acids is 1. The topological polar surface area (TPSA) is 72.3 Å². The molecule has 86 valence electrons. The molecule has 0 atom stereocenters. The molecule has 16 heavy (non-hydrogen) atoms. The highest BCUT2D eigenvalue weighted by atomic mass is 16.5. The molecule has 1 aliphatic heterocycles. The third kappa shape index (κ3) is 2.76. The van der Waals surface area contributed by atoms with Crippen LogP contribution in [0.3, 0.4) is 0 Å².